The zero-order valence-corrected chi connectivity index (χ0v) is 11.6. The van der Waals surface area contributed by atoms with Crippen molar-refractivity contribution in [1.82, 2.24) is 9.88 Å². The molecule has 0 aliphatic carbocycles. The first-order valence-electron chi connectivity index (χ1n) is 5.92. The van der Waals surface area contributed by atoms with Crippen LogP contribution in [0.25, 0.3) is 0 Å². The van der Waals surface area contributed by atoms with E-state index in [0.717, 1.165) is 19.0 Å². The minimum Gasteiger partial charge on any atom is -0.298 e. The first kappa shape index (κ1) is 12.1. The summed E-state index contributed by atoms with van der Waals surface area (Å²) >= 11 is 3.76. The Bertz CT molecular complexity index is 354. The fourth-order valence-electron chi connectivity index (χ4n) is 2.19. The molecule has 2 heterocycles. The highest BCUT2D eigenvalue weighted by Crippen LogP contribution is 2.24. The van der Waals surface area contributed by atoms with Crippen molar-refractivity contribution in [2.45, 2.75) is 31.6 Å². The van der Waals surface area contributed by atoms with Crippen molar-refractivity contribution in [2.24, 2.45) is 5.92 Å². The highest BCUT2D eigenvalue weighted by Gasteiger charge is 2.23. The van der Waals surface area contributed by atoms with Gasteiger partial charge in [0.25, 0.3) is 0 Å². The lowest BCUT2D eigenvalue weighted by molar-refractivity contribution is 0.194. The Hall–Kier alpha value is -0.410. The molecule has 2 nitrogen and oxygen atoms in total. The molecule has 0 radical (unpaired) electrons. The van der Waals surface area contributed by atoms with Crippen molar-refractivity contribution < 1.29 is 0 Å². The predicted octanol–water partition coefficient (Wildman–Crippen LogP) is 3.00. The standard InChI is InChI=1S/C13H19BrN2/c1-10-5-12(7-15-6-10)8-16-4-3-11(2)13(14)9-16/h5-7,11,13H,3-4,8-9H2,1-2H3. The second-order valence-corrected chi connectivity index (χ2v) is 6.06. The summed E-state index contributed by atoms with van der Waals surface area (Å²) in [5, 5.41) is 0. The first-order valence-corrected chi connectivity index (χ1v) is 6.83. The number of halogens is 1. The van der Waals surface area contributed by atoms with Gasteiger partial charge in [0.2, 0.25) is 0 Å². The Morgan fingerprint density at radius 2 is 2.31 bits per heavy atom. The van der Waals surface area contributed by atoms with E-state index < -0.39 is 0 Å². The fourth-order valence-corrected chi connectivity index (χ4v) is 2.86. The molecule has 0 amide bonds. The number of aryl methyl sites for hydroxylation is 1. The molecule has 2 unspecified atom stereocenters. The summed E-state index contributed by atoms with van der Waals surface area (Å²) in [7, 11) is 0. The molecule has 0 bridgehead atoms. The topological polar surface area (TPSA) is 16.1 Å². The molecule has 1 saturated heterocycles. The molecule has 1 fully saturated rings. The number of nitrogens with zero attached hydrogens (tertiary/aromatic N) is 2. The van der Waals surface area contributed by atoms with Crippen LogP contribution in [0.4, 0.5) is 0 Å². The van der Waals surface area contributed by atoms with Crippen LogP contribution in [0.1, 0.15) is 24.5 Å². The van der Waals surface area contributed by atoms with Gasteiger partial charge in [-0.3, -0.25) is 9.88 Å². The molecule has 3 heteroatoms. The van der Waals surface area contributed by atoms with E-state index in [-0.39, 0.29) is 0 Å². The van der Waals surface area contributed by atoms with Crippen LogP contribution in [0.5, 0.6) is 0 Å². The van der Waals surface area contributed by atoms with E-state index in [1.54, 1.807) is 0 Å². The maximum Gasteiger partial charge on any atom is 0.0313 e. The summed E-state index contributed by atoms with van der Waals surface area (Å²) in [6.45, 7) is 7.81. The second-order valence-electron chi connectivity index (χ2n) is 4.89. The average Bonchev–Trinajstić information content (AvgIpc) is 2.24. The van der Waals surface area contributed by atoms with Crippen molar-refractivity contribution in [2.75, 3.05) is 13.1 Å². The van der Waals surface area contributed by atoms with Gasteiger partial charge in [-0.15, -0.1) is 0 Å². The summed E-state index contributed by atoms with van der Waals surface area (Å²) in [5.41, 5.74) is 2.58. The van der Waals surface area contributed by atoms with E-state index in [1.165, 1.54) is 24.1 Å². The van der Waals surface area contributed by atoms with E-state index in [0.29, 0.717) is 4.83 Å². The molecule has 0 N–H and O–H groups in total. The van der Waals surface area contributed by atoms with E-state index in [1.807, 2.05) is 12.4 Å². The third-order valence-corrected chi connectivity index (χ3v) is 4.48. The minimum atomic E-state index is 0.638. The van der Waals surface area contributed by atoms with Gasteiger partial charge in [0.1, 0.15) is 0 Å². The normalized spacial score (nSPS) is 26.9. The lowest BCUT2D eigenvalue weighted by Gasteiger charge is -2.34. The summed E-state index contributed by atoms with van der Waals surface area (Å²) in [4.78, 5) is 7.39. The molecule has 2 atom stereocenters. The Morgan fingerprint density at radius 1 is 1.50 bits per heavy atom. The Kier molecular flexibility index (Phi) is 3.98. The number of pyridine rings is 1. The highest BCUT2D eigenvalue weighted by atomic mass is 79.9. The Balaban J connectivity index is 1.95. The lowest BCUT2D eigenvalue weighted by Crippen LogP contribution is -2.39. The van der Waals surface area contributed by atoms with Crippen LogP contribution in [-0.4, -0.2) is 27.8 Å². The van der Waals surface area contributed by atoms with Gasteiger partial charge < -0.3 is 0 Å². The molecule has 0 saturated carbocycles. The zero-order chi connectivity index (χ0) is 11.5. The Morgan fingerprint density at radius 3 is 3.00 bits per heavy atom. The third-order valence-electron chi connectivity index (χ3n) is 3.29. The van der Waals surface area contributed by atoms with E-state index in [2.05, 4.69) is 45.7 Å². The monoisotopic (exact) mass is 282 g/mol. The maximum absolute atomic E-state index is 4.25. The minimum absolute atomic E-state index is 0.638. The van der Waals surface area contributed by atoms with Crippen LogP contribution in [0.3, 0.4) is 0 Å². The second kappa shape index (κ2) is 5.28. The molecule has 1 aromatic heterocycles. The number of piperidine rings is 1. The lowest BCUT2D eigenvalue weighted by atomic mass is 9.99. The van der Waals surface area contributed by atoms with E-state index in [9.17, 15) is 0 Å². The largest absolute Gasteiger partial charge is 0.298 e. The van der Waals surface area contributed by atoms with E-state index in [4.69, 9.17) is 0 Å². The number of aromatic nitrogens is 1. The molecule has 88 valence electrons. The summed E-state index contributed by atoms with van der Waals surface area (Å²) in [6, 6.07) is 2.23. The van der Waals surface area contributed by atoms with Gasteiger partial charge in [-0.25, -0.2) is 0 Å². The number of hydrogen-bond donors (Lipinski definition) is 0. The Labute approximate surface area is 106 Å². The molecular weight excluding hydrogens is 264 g/mol. The predicted molar refractivity (Wildman–Crippen MR) is 70.7 cm³/mol. The van der Waals surface area contributed by atoms with Gasteiger partial charge in [0.05, 0.1) is 0 Å². The van der Waals surface area contributed by atoms with Crippen molar-refractivity contribution >= 4 is 15.9 Å². The quantitative estimate of drug-likeness (QED) is 0.776. The molecule has 16 heavy (non-hydrogen) atoms. The summed E-state index contributed by atoms with van der Waals surface area (Å²) in [6.07, 6.45) is 5.18. The number of alkyl halides is 1. The van der Waals surface area contributed by atoms with Crippen LogP contribution in [0.15, 0.2) is 18.5 Å². The van der Waals surface area contributed by atoms with Gasteiger partial charge in [-0.1, -0.05) is 28.9 Å². The van der Waals surface area contributed by atoms with Gasteiger partial charge in [-0.05, 0) is 36.9 Å². The van der Waals surface area contributed by atoms with Crippen LogP contribution < -0.4 is 0 Å². The number of hydrogen-bond acceptors (Lipinski definition) is 2. The molecular formula is C13H19BrN2. The summed E-state index contributed by atoms with van der Waals surface area (Å²) in [5.74, 6) is 0.798. The molecule has 1 aromatic rings. The van der Waals surface area contributed by atoms with Gasteiger partial charge in [0.15, 0.2) is 0 Å². The fraction of sp³-hybridized carbons (Fsp3) is 0.615. The van der Waals surface area contributed by atoms with Crippen LogP contribution in [0.2, 0.25) is 0 Å². The molecule has 2 rings (SSSR count). The number of likely N-dealkylation sites (tertiary alicyclic amines) is 1. The first-order chi connectivity index (χ1) is 7.65. The molecule has 1 aliphatic heterocycles. The highest BCUT2D eigenvalue weighted by molar-refractivity contribution is 9.09. The maximum atomic E-state index is 4.25. The average molecular weight is 283 g/mol. The molecule has 1 aliphatic rings. The van der Waals surface area contributed by atoms with Crippen molar-refractivity contribution in [3.63, 3.8) is 0 Å². The number of rotatable bonds is 2. The van der Waals surface area contributed by atoms with Crippen molar-refractivity contribution in [1.29, 1.82) is 0 Å². The van der Waals surface area contributed by atoms with Gasteiger partial charge in [0, 0.05) is 30.3 Å². The van der Waals surface area contributed by atoms with Crippen LogP contribution in [0, 0.1) is 12.8 Å². The van der Waals surface area contributed by atoms with Crippen molar-refractivity contribution in [3.8, 4) is 0 Å². The third kappa shape index (κ3) is 3.05. The molecule has 0 aromatic carbocycles. The summed E-state index contributed by atoms with van der Waals surface area (Å²) < 4.78 is 0. The van der Waals surface area contributed by atoms with E-state index >= 15 is 0 Å². The van der Waals surface area contributed by atoms with Crippen molar-refractivity contribution in [3.05, 3.63) is 29.6 Å². The van der Waals surface area contributed by atoms with Crippen LogP contribution >= 0.6 is 15.9 Å². The zero-order valence-electron chi connectivity index (χ0n) is 9.99. The van der Waals surface area contributed by atoms with Crippen LogP contribution in [-0.2, 0) is 6.54 Å². The van der Waals surface area contributed by atoms with Gasteiger partial charge >= 0.3 is 0 Å². The molecule has 0 spiro atoms. The smallest absolute Gasteiger partial charge is 0.0313 e. The SMILES string of the molecule is Cc1cncc(CN2CCC(C)C(Br)C2)c1. The van der Waals surface area contributed by atoms with Gasteiger partial charge in [-0.2, -0.15) is 0 Å².